The predicted octanol–water partition coefficient (Wildman–Crippen LogP) is 1.42. The van der Waals surface area contributed by atoms with E-state index in [9.17, 15) is 18.3 Å². The van der Waals surface area contributed by atoms with Gasteiger partial charge in [0.1, 0.15) is 4.90 Å². The number of hydrogen-bond acceptors (Lipinski definition) is 5. The van der Waals surface area contributed by atoms with Gasteiger partial charge in [0.05, 0.1) is 23.8 Å². The van der Waals surface area contributed by atoms with Gasteiger partial charge in [-0.2, -0.15) is 0 Å². The molecule has 1 atom stereocenters. The Morgan fingerprint density at radius 1 is 1.43 bits per heavy atom. The van der Waals surface area contributed by atoms with Gasteiger partial charge < -0.3 is 9.84 Å². The van der Waals surface area contributed by atoms with Crippen molar-refractivity contribution >= 4 is 27.6 Å². The van der Waals surface area contributed by atoms with Gasteiger partial charge >= 0.3 is 5.97 Å². The molecule has 0 aliphatic heterocycles. The van der Waals surface area contributed by atoms with Crippen LogP contribution >= 0.6 is 11.6 Å². The molecule has 0 fully saturated rings. The summed E-state index contributed by atoms with van der Waals surface area (Å²) in [4.78, 5) is 11.2. The molecule has 0 saturated heterocycles. The van der Waals surface area contributed by atoms with Crippen LogP contribution in [0.2, 0.25) is 5.02 Å². The summed E-state index contributed by atoms with van der Waals surface area (Å²) in [5, 5.41) is 9.63. The fraction of sp³-hybridized carbons (Fsp3) is 0.462. The number of ether oxygens (including phenoxy) is 1. The Morgan fingerprint density at radius 2 is 2.05 bits per heavy atom. The highest BCUT2D eigenvalue weighted by molar-refractivity contribution is 7.89. The van der Waals surface area contributed by atoms with Gasteiger partial charge in [0.25, 0.3) is 0 Å². The number of carbonyl (C=O) groups excluding carboxylic acids is 1. The van der Waals surface area contributed by atoms with Gasteiger partial charge in [-0.05, 0) is 24.1 Å². The van der Waals surface area contributed by atoms with Gasteiger partial charge in [-0.3, -0.25) is 0 Å². The molecular weight excluding hydrogens is 318 g/mol. The highest BCUT2D eigenvalue weighted by Gasteiger charge is 2.22. The van der Waals surface area contributed by atoms with Gasteiger partial charge in [-0.25, -0.2) is 17.9 Å². The molecule has 2 N–H and O–H groups in total. The molecule has 1 aromatic rings. The molecule has 0 amide bonds. The molecule has 0 bridgehead atoms. The van der Waals surface area contributed by atoms with E-state index >= 15 is 0 Å². The lowest BCUT2D eigenvalue weighted by Crippen LogP contribution is -2.34. The lowest BCUT2D eigenvalue weighted by Gasteiger charge is -2.16. The quantitative estimate of drug-likeness (QED) is 0.767. The highest BCUT2D eigenvalue weighted by atomic mass is 35.5. The lowest BCUT2D eigenvalue weighted by molar-refractivity contribution is 0.0600. The second-order valence-corrected chi connectivity index (χ2v) is 6.94. The maximum atomic E-state index is 12.2. The number of aliphatic hydroxyl groups is 1. The first-order valence-corrected chi connectivity index (χ1v) is 8.10. The molecule has 1 unspecified atom stereocenters. The fourth-order valence-electron chi connectivity index (χ4n) is 1.46. The van der Waals surface area contributed by atoms with E-state index in [2.05, 4.69) is 9.46 Å². The number of benzene rings is 1. The average Bonchev–Trinajstić information content (AvgIpc) is 2.44. The van der Waals surface area contributed by atoms with Crippen molar-refractivity contribution in [1.82, 2.24) is 4.72 Å². The van der Waals surface area contributed by atoms with Gasteiger partial charge in [0, 0.05) is 6.54 Å². The molecule has 0 aromatic heterocycles. The van der Waals surface area contributed by atoms with Crippen LogP contribution in [-0.2, 0) is 14.8 Å². The number of esters is 1. The monoisotopic (exact) mass is 335 g/mol. The topological polar surface area (TPSA) is 92.7 Å². The van der Waals surface area contributed by atoms with E-state index in [0.29, 0.717) is 0 Å². The summed E-state index contributed by atoms with van der Waals surface area (Å²) in [6, 6.07) is 3.82. The van der Waals surface area contributed by atoms with E-state index in [1.165, 1.54) is 19.2 Å². The molecule has 6 nitrogen and oxygen atoms in total. The first-order valence-electron chi connectivity index (χ1n) is 6.24. The van der Waals surface area contributed by atoms with Gasteiger partial charge in [0.2, 0.25) is 10.0 Å². The zero-order chi connectivity index (χ0) is 16.2. The van der Waals surface area contributed by atoms with Crippen molar-refractivity contribution in [2.75, 3.05) is 13.7 Å². The summed E-state index contributed by atoms with van der Waals surface area (Å²) in [5.74, 6) is -0.755. The third-order valence-electron chi connectivity index (χ3n) is 2.89. The fourth-order valence-corrected chi connectivity index (χ4v) is 3.04. The molecule has 118 valence electrons. The van der Waals surface area contributed by atoms with Crippen molar-refractivity contribution in [3.05, 3.63) is 28.8 Å². The second kappa shape index (κ2) is 7.22. The van der Waals surface area contributed by atoms with E-state index < -0.39 is 22.1 Å². The van der Waals surface area contributed by atoms with Gasteiger partial charge in [-0.1, -0.05) is 25.4 Å². The number of nitrogens with one attached hydrogen (secondary N) is 1. The number of carbonyl (C=O) groups is 1. The maximum absolute atomic E-state index is 12.2. The number of methoxy groups -OCH3 is 1. The summed E-state index contributed by atoms with van der Waals surface area (Å²) in [6.45, 7) is 3.40. The van der Waals surface area contributed by atoms with E-state index in [-0.39, 0.29) is 27.9 Å². The van der Waals surface area contributed by atoms with Crippen molar-refractivity contribution < 1.29 is 23.1 Å². The van der Waals surface area contributed by atoms with Crippen LogP contribution in [-0.4, -0.2) is 39.3 Å². The molecule has 0 spiro atoms. The van der Waals surface area contributed by atoms with E-state index in [1.54, 1.807) is 13.8 Å². The molecule has 8 heteroatoms. The van der Waals surface area contributed by atoms with Crippen molar-refractivity contribution in [2.45, 2.75) is 24.8 Å². The summed E-state index contributed by atoms with van der Waals surface area (Å²) >= 11 is 5.87. The van der Waals surface area contributed by atoms with E-state index in [0.717, 1.165) is 6.07 Å². The Kier molecular flexibility index (Phi) is 6.15. The Bertz CT molecular complexity index is 615. The number of halogens is 1. The second-order valence-electron chi connectivity index (χ2n) is 4.80. The number of rotatable bonds is 6. The Labute approximate surface area is 129 Å². The lowest BCUT2D eigenvalue weighted by atomic mass is 10.1. The third kappa shape index (κ3) is 4.67. The molecule has 1 aromatic carbocycles. The third-order valence-corrected chi connectivity index (χ3v) is 4.80. The Hall–Kier alpha value is -1.15. The molecule has 0 aliphatic rings. The molecule has 0 heterocycles. The van der Waals surface area contributed by atoms with Crippen LogP contribution in [0.25, 0.3) is 0 Å². The van der Waals surface area contributed by atoms with Crippen molar-refractivity contribution in [1.29, 1.82) is 0 Å². The molecule has 0 aliphatic carbocycles. The zero-order valence-electron chi connectivity index (χ0n) is 12.0. The van der Waals surface area contributed by atoms with E-state index in [1.807, 2.05) is 0 Å². The largest absolute Gasteiger partial charge is 0.465 e. The van der Waals surface area contributed by atoms with Crippen LogP contribution in [0.1, 0.15) is 24.2 Å². The molecular formula is C13H18ClNO5S. The van der Waals surface area contributed by atoms with Gasteiger partial charge in [-0.15, -0.1) is 0 Å². The standard InChI is InChI=1S/C13H18ClNO5S/c1-8(2)11(16)7-15-21(18,19)12-6-9(13(17)20-3)4-5-10(12)14/h4-6,8,11,15-16H,7H2,1-3H3. The van der Waals surface area contributed by atoms with Crippen LogP contribution in [0.5, 0.6) is 0 Å². The predicted molar refractivity (Wildman–Crippen MR) is 78.8 cm³/mol. The molecule has 0 saturated carbocycles. The normalized spacial score (nSPS) is 13.2. The SMILES string of the molecule is COC(=O)c1ccc(Cl)c(S(=O)(=O)NCC(O)C(C)C)c1. The smallest absolute Gasteiger partial charge is 0.337 e. The zero-order valence-corrected chi connectivity index (χ0v) is 13.5. The van der Waals surface area contributed by atoms with E-state index in [4.69, 9.17) is 11.6 Å². The van der Waals surface area contributed by atoms with Crippen LogP contribution in [0.4, 0.5) is 0 Å². The first kappa shape index (κ1) is 17.9. The average molecular weight is 336 g/mol. The minimum absolute atomic E-state index is 0.0193. The highest BCUT2D eigenvalue weighted by Crippen LogP contribution is 2.23. The van der Waals surface area contributed by atoms with Crippen LogP contribution in [0, 0.1) is 5.92 Å². The van der Waals surface area contributed by atoms with Crippen LogP contribution < -0.4 is 4.72 Å². The minimum atomic E-state index is -3.93. The minimum Gasteiger partial charge on any atom is -0.465 e. The summed E-state index contributed by atoms with van der Waals surface area (Å²) in [7, 11) is -2.74. The van der Waals surface area contributed by atoms with Crippen molar-refractivity contribution in [3.63, 3.8) is 0 Å². The summed E-state index contributed by atoms with van der Waals surface area (Å²) < 4.78 is 31.2. The summed E-state index contributed by atoms with van der Waals surface area (Å²) in [6.07, 6.45) is -0.817. The first-order chi connectivity index (χ1) is 9.69. The molecule has 1 rings (SSSR count). The van der Waals surface area contributed by atoms with Crippen LogP contribution in [0.15, 0.2) is 23.1 Å². The number of aliphatic hydroxyl groups excluding tert-OH is 1. The summed E-state index contributed by atoms with van der Waals surface area (Å²) in [5.41, 5.74) is 0.0756. The Morgan fingerprint density at radius 3 is 2.57 bits per heavy atom. The van der Waals surface area contributed by atoms with Crippen molar-refractivity contribution in [2.24, 2.45) is 5.92 Å². The molecule has 0 radical (unpaired) electrons. The maximum Gasteiger partial charge on any atom is 0.337 e. The van der Waals surface area contributed by atoms with Crippen LogP contribution in [0.3, 0.4) is 0 Å². The number of hydrogen-bond donors (Lipinski definition) is 2. The number of sulfonamides is 1. The Balaban J connectivity index is 3.05. The molecule has 21 heavy (non-hydrogen) atoms. The van der Waals surface area contributed by atoms with Crippen molar-refractivity contribution in [3.8, 4) is 0 Å². The van der Waals surface area contributed by atoms with Gasteiger partial charge in [0.15, 0.2) is 0 Å².